The van der Waals surface area contributed by atoms with Gasteiger partial charge < -0.3 is 9.94 Å². The van der Waals surface area contributed by atoms with Crippen LogP contribution >= 0.6 is 0 Å². The molecule has 4 nitrogen and oxygen atoms in total. The van der Waals surface area contributed by atoms with Gasteiger partial charge in [-0.1, -0.05) is 20.8 Å². The van der Waals surface area contributed by atoms with Crippen molar-refractivity contribution in [1.29, 1.82) is 0 Å². The first-order valence-electron chi connectivity index (χ1n) is 4.79. The summed E-state index contributed by atoms with van der Waals surface area (Å²) in [4.78, 5) is 11.6. The first-order valence-corrected chi connectivity index (χ1v) is 4.79. The topological polar surface area (TPSA) is 58.9 Å². The van der Waals surface area contributed by atoms with Crippen LogP contribution in [0.4, 0.5) is 0 Å². The lowest BCUT2D eigenvalue weighted by Gasteiger charge is -2.32. The normalized spacial score (nSPS) is 15.8. The van der Waals surface area contributed by atoms with Crippen molar-refractivity contribution in [2.75, 3.05) is 7.11 Å². The zero-order valence-electron chi connectivity index (χ0n) is 9.28. The van der Waals surface area contributed by atoms with Crippen molar-refractivity contribution in [3.63, 3.8) is 0 Å². The molecule has 0 amide bonds. The van der Waals surface area contributed by atoms with E-state index in [1.54, 1.807) is 0 Å². The van der Waals surface area contributed by atoms with Crippen LogP contribution < -0.4 is 0 Å². The molecule has 4 heteroatoms. The van der Waals surface area contributed by atoms with Gasteiger partial charge in [-0.15, -0.1) is 5.16 Å². The van der Waals surface area contributed by atoms with Crippen molar-refractivity contribution >= 4 is 12.2 Å². The number of oxime groups is 1. The predicted octanol–water partition coefficient (Wildman–Crippen LogP) is 2.06. The number of esters is 1. The summed E-state index contributed by atoms with van der Waals surface area (Å²) in [6.07, 6.45) is 2.42. The zero-order chi connectivity index (χ0) is 11.2. The second kappa shape index (κ2) is 5.62. The highest BCUT2D eigenvalue weighted by Gasteiger charge is 2.40. The molecular formula is C10H19NO3. The Hall–Kier alpha value is -1.06. The minimum absolute atomic E-state index is 0.151. The van der Waals surface area contributed by atoms with E-state index >= 15 is 0 Å². The van der Waals surface area contributed by atoms with E-state index in [0.29, 0.717) is 12.8 Å². The van der Waals surface area contributed by atoms with Crippen LogP contribution in [0.15, 0.2) is 5.16 Å². The average molecular weight is 201 g/mol. The molecule has 0 saturated heterocycles. The fraction of sp³-hybridized carbons (Fsp3) is 0.800. The third-order valence-electron chi connectivity index (χ3n) is 2.87. The van der Waals surface area contributed by atoms with Crippen LogP contribution in [0.3, 0.4) is 0 Å². The molecule has 0 spiro atoms. The van der Waals surface area contributed by atoms with Crippen molar-refractivity contribution in [3.05, 3.63) is 0 Å². The second-order valence-electron chi connectivity index (χ2n) is 3.66. The maximum Gasteiger partial charge on any atom is 0.312 e. The van der Waals surface area contributed by atoms with Crippen molar-refractivity contribution in [3.8, 4) is 0 Å². The fourth-order valence-electron chi connectivity index (χ4n) is 1.66. The molecule has 0 bridgehead atoms. The highest BCUT2D eigenvalue weighted by molar-refractivity contribution is 5.80. The average Bonchev–Trinajstić information content (AvgIpc) is 2.18. The summed E-state index contributed by atoms with van der Waals surface area (Å²) in [5.41, 5.74) is -0.568. The number of hydrogen-bond acceptors (Lipinski definition) is 4. The summed E-state index contributed by atoms with van der Waals surface area (Å²) < 4.78 is 4.78. The van der Waals surface area contributed by atoms with E-state index in [1.165, 1.54) is 13.3 Å². The van der Waals surface area contributed by atoms with Gasteiger partial charge in [0.1, 0.15) is 0 Å². The lowest BCUT2D eigenvalue weighted by Crippen LogP contribution is -2.37. The van der Waals surface area contributed by atoms with Gasteiger partial charge in [0.05, 0.1) is 12.5 Å². The monoisotopic (exact) mass is 201 g/mol. The van der Waals surface area contributed by atoms with Crippen molar-refractivity contribution in [2.24, 2.45) is 16.5 Å². The second-order valence-corrected chi connectivity index (χ2v) is 3.66. The minimum Gasteiger partial charge on any atom is -0.469 e. The number of methoxy groups -OCH3 is 1. The lowest BCUT2D eigenvalue weighted by molar-refractivity contribution is -0.155. The quantitative estimate of drug-likeness (QED) is 0.320. The minimum atomic E-state index is -0.568. The third-order valence-corrected chi connectivity index (χ3v) is 2.87. The van der Waals surface area contributed by atoms with E-state index < -0.39 is 5.41 Å². The van der Waals surface area contributed by atoms with Crippen LogP contribution in [-0.2, 0) is 9.53 Å². The molecule has 0 heterocycles. The standard InChI is InChI=1S/C10H19NO3/c1-5-10(8(2)3,6-7-11-13)9(12)14-4/h7-8,13H,5-6H2,1-4H3. The van der Waals surface area contributed by atoms with Gasteiger partial charge in [0.2, 0.25) is 0 Å². The highest BCUT2D eigenvalue weighted by atomic mass is 16.5. The molecule has 1 atom stereocenters. The van der Waals surface area contributed by atoms with E-state index in [2.05, 4.69) is 5.16 Å². The largest absolute Gasteiger partial charge is 0.469 e. The lowest BCUT2D eigenvalue weighted by atomic mass is 9.73. The SMILES string of the molecule is CCC(CC=NO)(C(=O)OC)C(C)C. The summed E-state index contributed by atoms with van der Waals surface area (Å²) in [5, 5.41) is 11.3. The molecule has 0 rings (SSSR count). The number of ether oxygens (including phenoxy) is 1. The molecule has 1 unspecified atom stereocenters. The van der Waals surface area contributed by atoms with Crippen LogP contribution in [-0.4, -0.2) is 24.5 Å². The molecule has 0 aliphatic heterocycles. The van der Waals surface area contributed by atoms with Crippen molar-refractivity contribution < 1.29 is 14.7 Å². The van der Waals surface area contributed by atoms with Crippen LogP contribution in [0.2, 0.25) is 0 Å². The number of nitrogens with zero attached hydrogens (tertiary/aromatic N) is 1. The van der Waals surface area contributed by atoms with Gasteiger partial charge in [-0.05, 0) is 12.3 Å². The van der Waals surface area contributed by atoms with Gasteiger partial charge in [0, 0.05) is 12.6 Å². The first kappa shape index (κ1) is 12.9. The van der Waals surface area contributed by atoms with Gasteiger partial charge in [-0.3, -0.25) is 4.79 Å². The summed E-state index contributed by atoms with van der Waals surface area (Å²) in [6, 6.07) is 0. The Bertz CT molecular complexity index is 213. The third kappa shape index (κ3) is 2.47. The molecule has 14 heavy (non-hydrogen) atoms. The van der Waals surface area contributed by atoms with Crippen LogP contribution in [0.1, 0.15) is 33.6 Å². The molecule has 0 aromatic carbocycles. The Morgan fingerprint density at radius 3 is 2.50 bits per heavy atom. The van der Waals surface area contributed by atoms with Gasteiger partial charge >= 0.3 is 5.97 Å². The maximum absolute atomic E-state index is 11.6. The number of carbonyl (C=O) groups excluding carboxylic acids is 1. The van der Waals surface area contributed by atoms with Gasteiger partial charge in [0.15, 0.2) is 0 Å². The first-order chi connectivity index (χ1) is 6.55. The van der Waals surface area contributed by atoms with E-state index in [0.717, 1.165) is 0 Å². The predicted molar refractivity (Wildman–Crippen MR) is 54.5 cm³/mol. The van der Waals surface area contributed by atoms with E-state index in [-0.39, 0.29) is 11.9 Å². The molecule has 0 aliphatic rings. The molecule has 0 radical (unpaired) electrons. The Morgan fingerprint density at radius 2 is 2.21 bits per heavy atom. The number of hydrogen-bond donors (Lipinski definition) is 1. The van der Waals surface area contributed by atoms with Gasteiger partial charge in [-0.2, -0.15) is 0 Å². The molecule has 0 fully saturated rings. The van der Waals surface area contributed by atoms with Crippen LogP contribution in [0.25, 0.3) is 0 Å². The molecule has 0 aliphatic carbocycles. The van der Waals surface area contributed by atoms with Gasteiger partial charge in [-0.25, -0.2) is 0 Å². The summed E-state index contributed by atoms with van der Waals surface area (Å²) in [5.74, 6) is -0.0900. The summed E-state index contributed by atoms with van der Waals surface area (Å²) >= 11 is 0. The molecular weight excluding hydrogens is 182 g/mol. The Morgan fingerprint density at radius 1 is 1.64 bits per heavy atom. The molecule has 0 aromatic rings. The van der Waals surface area contributed by atoms with Crippen LogP contribution in [0.5, 0.6) is 0 Å². The van der Waals surface area contributed by atoms with E-state index in [4.69, 9.17) is 9.94 Å². The summed E-state index contributed by atoms with van der Waals surface area (Å²) in [7, 11) is 1.38. The summed E-state index contributed by atoms with van der Waals surface area (Å²) in [6.45, 7) is 5.86. The van der Waals surface area contributed by atoms with Crippen LogP contribution in [0, 0.1) is 11.3 Å². The van der Waals surface area contributed by atoms with E-state index in [9.17, 15) is 4.79 Å². The van der Waals surface area contributed by atoms with Crippen molar-refractivity contribution in [1.82, 2.24) is 0 Å². The molecule has 82 valence electrons. The molecule has 0 saturated carbocycles. The molecule has 0 aromatic heterocycles. The number of rotatable bonds is 5. The zero-order valence-corrected chi connectivity index (χ0v) is 9.28. The Kier molecular flexibility index (Phi) is 5.20. The smallest absolute Gasteiger partial charge is 0.312 e. The van der Waals surface area contributed by atoms with Crippen molar-refractivity contribution in [2.45, 2.75) is 33.6 Å². The Labute approximate surface area is 84.9 Å². The fourth-order valence-corrected chi connectivity index (χ4v) is 1.66. The number of carbonyl (C=O) groups is 1. The molecule has 1 N–H and O–H groups in total. The Balaban J connectivity index is 4.87. The highest BCUT2D eigenvalue weighted by Crippen LogP contribution is 2.35. The maximum atomic E-state index is 11.6. The van der Waals surface area contributed by atoms with E-state index in [1.807, 2.05) is 20.8 Å². The van der Waals surface area contributed by atoms with Gasteiger partial charge in [0.25, 0.3) is 0 Å².